The Morgan fingerprint density at radius 3 is 2.65 bits per heavy atom. The number of aryl methyl sites for hydroxylation is 1. The molecule has 94 valence electrons. The highest BCUT2D eigenvalue weighted by atomic mass is 16.3. The molecule has 1 aromatic rings. The van der Waals surface area contributed by atoms with E-state index in [1.54, 1.807) is 0 Å². The van der Waals surface area contributed by atoms with Gasteiger partial charge in [-0.1, -0.05) is 37.5 Å². The molecule has 0 unspecified atom stereocenters. The first-order valence-electron chi connectivity index (χ1n) is 6.63. The zero-order valence-electron chi connectivity index (χ0n) is 10.9. The molecule has 0 saturated heterocycles. The first-order valence-corrected chi connectivity index (χ1v) is 6.63. The fourth-order valence-corrected chi connectivity index (χ4v) is 2.68. The summed E-state index contributed by atoms with van der Waals surface area (Å²) < 4.78 is 0. The molecule has 0 aromatic heterocycles. The second kappa shape index (κ2) is 5.09. The minimum absolute atomic E-state index is 0.258. The lowest BCUT2D eigenvalue weighted by Crippen LogP contribution is -2.43. The Balaban J connectivity index is 1.99. The van der Waals surface area contributed by atoms with Crippen molar-refractivity contribution in [3.05, 3.63) is 29.3 Å². The lowest BCUT2D eigenvalue weighted by atomic mass is 9.83. The van der Waals surface area contributed by atoms with Gasteiger partial charge in [-0.05, 0) is 32.3 Å². The highest BCUT2D eigenvalue weighted by molar-refractivity contribution is 5.39. The maximum Gasteiger partial charge on any atom is 0.122 e. The first-order chi connectivity index (χ1) is 8.11. The van der Waals surface area contributed by atoms with Gasteiger partial charge in [-0.3, -0.25) is 0 Å². The minimum atomic E-state index is 0.258. The van der Waals surface area contributed by atoms with E-state index in [-0.39, 0.29) is 5.54 Å². The number of phenols is 1. The van der Waals surface area contributed by atoms with Crippen LogP contribution in [0.4, 0.5) is 0 Å². The number of rotatable bonds is 3. The summed E-state index contributed by atoms with van der Waals surface area (Å²) in [4.78, 5) is 0. The van der Waals surface area contributed by atoms with Gasteiger partial charge in [0, 0.05) is 17.6 Å². The van der Waals surface area contributed by atoms with E-state index >= 15 is 0 Å². The molecule has 17 heavy (non-hydrogen) atoms. The predicted octanol–water partition coefficient (Wildman–Crippen LogP) is 3.51. The van der Waals surface area contributed by atoms with Crippen LogP contribution in [0.3, 0.4) is 0 Å². The number of hydrogen-bond donors (Lipinski definition) is 2. The quantitative estimate of drug-likeness (QED) is 0.837. The monoisotopic (exact) mass is 233 g/mol. The summed E-state index contributed by atoms with van der Waals surface area (Å²) in [5.74, 6) is 0.444. The van der Waals surface area contributed by atoms with Crippen LogP contribution in [0.2, 0.25) is 0 Å². The van der Waals surface area contributed by atoms with Gasteiger partial charge in [0.25, 0.3) is 0 Å². The maximum atomic E-state index is 9.97. The van der Waals surface area contributed by atoms with Crippen molar-refractivity contribution in [2.75, 3.05) is 0 Å². The number of benzene rings is 1. The van der Waals surface area contributed by atoms with E-state index in [1.807, 2.05) is 25.1 Å². The SMILES string of the molecule is Cc1cccc(CNC2(C)CCCCC2)c1O. The second-order valence-electron chi connectivity index (χ2n) is 5.56. The average Bonchev–Trinajstić information content (AvgIpc) is 2.32. The van der Waals surface area contributed by atoms with Crippen LogP contribution >= 0.6 is 0 Å². The van der Waals surface area contributed by atoms with Crippen molar-refractivity contribution in [2.24, 2.45) is 0 Å². The summed E-state index contributed by atoms with van der Waals surface area (Å²) >= 11 is 0. The highest BCUT2D eigenvalue weighted by Gasteiger charge is 2.25. The lowest BCUT2D eigenvalue weighted by Gasteiger charge is -2.35. The van der Waals surface area contributed by atoms with E-state index < -0.39 is 0 Å². The van der Waals surface area contributed by atoms with Crippen LogP contribution in [0.15, 0.2) is 18.2 Å². The van der Waals surface area contributed by atoms with Gasteiger partial charge < -0.3 is 10.4 Å². The van der Waals surface area contributed by atoms with Crippen molar-refractivity contribution in [1.82, 2.24) is 5.32 Å². The van der Waals surface area contributed by atoms with Crippen molar-refractivity contribution in [3.63, 3.8) is 0 Å². The minimum Gasteiger partial charge on any atom is -0.507 e. The fourth-order valence-electron chi connectivity index (χ4n) is 2.68. The molecule has 1 fully saturated rings. The van der Waals surface area contributed by atoms with Crippen LogP contribution < -0.4 is 5.32 Å². The Labute approximate surface area is 104 Å². The third-order valence-corrected chi connectivity index (χ3v) is 3.98. The smallest absolute Gasteiger partial charge is 0.122 e. The Morgan fingerprint density at radius 1 is 1.24 bits per heavy atom. The molecule has 2 rings (SSSR count). The highest BCUT2D eigenvalue weighted by Crippen LogP contribution is 2.29. The summed E-state index contributed by atoms with van der Waals surface area (Å²) in [5.41, 5.74) is 2.23. The van der Waals surface area contributed by atoms with Crippen LogP contribution in [0, 0.1) is 6.92 Å². The van der Waals surface area contributed by atoms with E-state index in [0.29, 0.717) is 5.75 Å². The van der Waals surface area contributed by atoms with Crippen LogP contribution in [-0.4, -0.2) is 10.6 Å². The number of aromatic hydroxyl groups is 1. The Hall–Kier alpha value is -1.02. The first kappa shape index (κ1) is 12.4. The molecule has 1 aromatic carbocycles. The van der Waals surface area contributed by atoms with Crippen molar-refractivity contribution in [1.29, 1.82) is 0 Å². The third-order valence-electron chi connectivity index (χ3n) is 3.98. The number of phenolic OH excluding ortho intramolecular Hbond substituents is 1. The Morgan fingerprint density at radius 2 is 1.94 bits per heavy atom. The molecule has 2 heteroatoms. The Kier molecular flexibility index (Phi) is 3.72. The van der Waals surface area contributed by atoms with Crippen LogP contribution in [-0.2, 0) is 6.54 Å². The predicted molar refractivity (Wildman–Crippen MR) is 71.2 cm³/mol. The molecule has 0 atom stereocenters. The second-order valence-corrected chi connectivity index (χ2v) is 5.56. The lowest BCUT2D eigenvalue weighted by molar-refractivity contribution is 0.251. The topological polar surface area (TPSA) is 32.3 Å². The molecule has 2 N–H and O–H groups in total. The van der Waals surface area contributed by atoms with E-state index in [2.05, 4.69) is 12.2 Å². The zero-order valence-corrected chi connectivity index (χ0v) is 10.9. The van der Waals surface area contributed by atoms with Crippen molar-refractivity contribution >= 4 is 0 Å². The van der Waals surface area contributed by atoms with Gasteiger partial charge in [0.05, 0.1) is 0 Å². The van der Waals surface area contributed by atoms with E-state index in [4.69, 9.17) is 0 Å². The molecule has 0 aliphatic heterocycles. The van der Waals surface area contributed by atoms with Gasteiger partial charge in [0.2, 0.25) is 0 Å². The molecular weight excluding hydrogens is 210 g/mol. The largest absolute Gasteiger partial charge is 0.507 e. The number of nitrogens with one attached hydrogen (secondary N) is 1. The van der Waals surface area contributed by atoms with Crippen molar-refractivity contribution < 1.29 is 5.11 Å². The molecule has 0 spiro atoms. The van der Waals surface area contributed by atoms with E-state index in [1.165, 1.54) is 32.1 Å². The molecule has 1 aliphatic rings. The van der Waals surface area contributed by atoms with Gasteiger partial charge in [-0.25, -0.2) is 0 Å². The van der Waals surface area contributed by atoms with Gasteiger partial charge >= 0.3 is 0 Å². The molecule has 1 saturated carbocycles. The van der Waals surface area contributed by atoms with Crippen LogP contribution in [0.25, 0.3) is 0 Å². The number of para-hydroxylation sites is 1. The van der Waals surface area contributed by atoms with Crippen molar-refractivity contribution in [3.8, 4) is 5.75 Å². The Bertz CT molecular complexity index is 381. The van der Waals surface area contributed by atoms with Gasteiger partial charge in [0.1, 0.15) is 5.75 Å². The third kappa shape index (κ3) is 3.01. The van der Waals surface area contributed by atoms with Gasteiger partial charge in [0.15, 0.2) is 0 Å². The van der Waals surface area contributed by atoms with Gasteiger partial charge in [-0.15, -0.1) is 0 Å². The molecule has 0 radical (unpaired) electrons. The molecule has 0 bridgehead atoms. The summed E-state index contributed by atoms with van der Waals surface area (Å²) in [5, 5.41) is 13.6. The fraction of sp³-hybridized carbons (Fsp3) is 0.600. The molecule has 0 heterocycles. The zero-order chi connectivity index (χ0) is 12.3. The standard InChI is InChI=1S/C15H23NO/c1-12-7-6-8-13(14(12)17)11-16-15(2)9-4-3-5-10-15/h6-8,16-17H,3-5,9-11H2,1-2H3. The average molecular weight is 233 g/mol. The van der Waals surface area contributed by atoms with Crippen LogP contribution in [0.5, 0.6) is 5.75 Å². The van der Waals surface area contributed by atoms with Crippen LogP contribution in [0.1, 0.15) is 50.2 Å². The number of hydrogen-bond acceptors (Lipinski definition) is 2. The molecule has 1 aliphatic carbocycles. The summed E-state index contributed by atoms with van der Waals surface area (Å²) in [6.07, 6.45) is 6.51. The molecule has 0 amide bonds. The maximum absolute atomic E-state index is 9.97. The van der Waals surface area contributed by atoms with E-state index in [9.17, 15) is 5.11 Å². The van der Waals surface area contributed by atoms with Gasteiger partial charge in [-0.2, -0.15) is 0 Å². The summed E-state index contributed by atoms with van der Waals surface area (Å²) in [6.45, 7) is 5.02. The van der Waals surface area contributed by atoms with E-state index in [0.717, 1.165) is 17.7 Å². The summed E-state index contributed by atoms with van der Waals surface area (Å²) in [7, 11) is 0. The molecular formula is C15H23NO. The molecule has 2 nitrogen and oxygen atoms in total. The normalized spacial score (nSPS) is 19.2. The van der Waals surface area contributed by atoms with Crippen molar-refractivity contribution in [2.45, 2.75) is 58.0 Å². The summed E-state index contributed by atoms with van der Waals surface area (Å²) in [6, 6.07) is 5.96.